The van der Waals surface area contributed by atoms with E-state index in [-0.39, 0.29) is 11.9 Å². The zero-order valence-corrected chi connectivity index (χ0v) is 14.1. The summed E-state index contributed by atoms with van der Waals surface area (Å²) in [4.78, 5) is 18.8. The number of para-hydroxylation sites is 1. The van der Waals surface area contributed by atoms with E-state index in [0.29, 0.717) is 18.1 Å². The monoisotopic (exact) mass is 330 g/mol. The van der Waals surface area contributed by atoms with Gasteiger partial charge in [0.05, 0.1) is 22.8 Å². The van der Waals surface area contributed by atoms with Crippen LogP contribution in [-0.4, -0.2) is 34.0 Å². The lowest BCUT2D eigenvalue weighted by Crippen LogP contribution is -2.39. The molecule has 0 aliphatic rings. The average molecular weight is 330 g/mol. The minimum Gasteiger partial charge on any atom is -0.360 e. The van der Waals surface area contributed by atoms with E-state index in [1.165, 1.54) is 0 Å². The van der Waals surface area contributed by atoms with Gasteiger partial charge in [-0.05, 0) is 33.0 Å². The molecule has 1 amide bonds. The molecule has 0 bridgehead atoms. The van der Waals surface area contributed by atoms with Crippen molar-refractivity contribution in [2.45, 2.75) is 26.4 Å². The topological polar surface area (TPSA) is 71.3 Å². The van der Waals surface area contributed by atoms with Gasteiger partial charge in [-0.1, -0.05) is 17.3 Å². The van der Waals surface area contributed by atoms with Crippen molar-refractivity contribution >= 4 is 33.3 Å². The first-order chi connectivity index (χ1) is 11.0. The van der Waals surface area contributed by atoms with Crippen LogP contribution in [0.4, 0.5) is 5.82 Å². The molecule has 1 unspecified atom stereocenters. The Labute approximate surface area is 138 Å². The van der Waals surface area contributed by atoms with Gasteiger partial charge in [-0.25, -0.2) is 4.98 Å². The molecule has 0 aliphatic heterocycles. The van der Waals surface area contributed by atoms with E-state index in [1.54, 1.807) is 24.3 Å². The highest BCUT2D eigenvalue weighted by Crippen LogP contribution is 2.22. The second-order valence-electron chi connectivity index (χ2n) is 5.48. The molecule has 0 radical (unpaired) electrons. The first kappa shape index (κ1) is 15.6. The third kappa shape index (κ3) is 3.57. The predicted octanol–water partition coefficient (Wildman–Crippen LogP) is 3.05. The summed E-state index contributed by atoms with van der Waals surface area (Å²) in [5.74, 6) is 0.977. The summed E-state index contributed by atoms with van der Waals surface area (Å²) in [6.45, 7) is 4.26. The zero-order chi connectivity index (χ0) is 16.4. The van der Waals surface area contributed by atoms with Crippen LogP contribution >= 0.6 is 11.3 Å². The number of rotatable bonds is 5. The van der Waals surface area contributed by atoms with Crippen LogP contribution < -0.4 is 5.32 Å². The number of carbonyl (C=O) groups excluding carboxylic acids is 1. The molecule has 0 saturated carbocycles. The summed E-state index contributed by atoms with van der Waals surface area (Å²) in [5.41, 5.74) is 0.996. The minimum absolute atomic E-state index is 0.123. The molecular weight excluding hydrogens is 312 g/mol. The van der Waals surface area contributed by atoms with E-state index >= 15 is 0 Å². The maximum atomic E-state index is 12.3. The fraction of sp³-hybridized carbons (Fsp3) is 0.312. The molecule has 1 aromatic carbocycles. The molecule has 1 N–H and O–H groups in total. The number of carbonyl (C=O) groups is 1. The Kier molecular flexibility index (Phi) is 4.40. The Morgan fingerprint density at radius 1 is 1.43 bits per heavy atom. The van der Waals surface area contributed by atoms with Crippen molar-refractivity contribution in [3.05, 3.63) is 41.1 Å². The van der Waals surface area contributed by atoms with Crippen molar-refractivity contribution in [3.8, 4) is 0 Å². The van der Waals surface area contributed by atoms with Crippen molar-refractivity contribution in [1.29, 1.82) is 0 Å². The van der Waals surface area contributed by atoms with Crippen LogP contribution in [0.15, 0.2) is 34.9 Å². The Morgan fingerprint density at radius 3 is 2.91 bits per heavy atom. The number of hydrogen-bond donors (Lipinski definition) is 1. The summed E-state index contributed by atoms with van der Waals surface area (Å²) in [6, 6.07) is 9.42. The van der Waals surface area contributed by atoms with E-state index in [9.17, 15) is 4.79 Å². The Balaban J connectivity index is 1.64. The number of nitrogens with one attached hydrogen (secondary N) is 1. The van der Waals surface area contributed by atoms with Gasteiger partial charge in [0, 0.05) is 6.07 Å². The third-order valence-corrected chi connectivity index (χ3v) is 4.66. The number of thiazole rings is 1. The van der Waals surface area contributed by atoms with Gasteiger partial charge in [0.15, 0.2) is 5.82 Å². The number of amides is 1. The molecule has 2 aromatic heterocycles. The summed E-state index contributed by atoms with van der Waals surface area (Å²) in [5, 5.41) is 7.52. The van der Waals surface area contributed by atoms with Gasteiger partial charge in [-0.2, -0.15) is 0 Å². The number of anilines is 1. The highest BCUT2D eigenvalue weighted by atomic mass is 32.1. The largest absolute Gasteiger partial charge is 0.360 e. The molecule has 3 rings (SSSR count). The highest BCUT2D eigenvalue weighted by molar-refractivity contribution is 7.18. The average Bonchev–Trinajstić information content (AvgIpc) is 3.11. The van der Waals surface area contributed by atoms with Crippen LogP contribution in [0.3, 0.4) is 0 Å². The summed E-state index contributed by atoms with van der Waals surface area (Å²) < 4.78 is 6.11. The van der Waals surface area contributed by atoms with Crippen molar-refractivity contribution in [2.24, 2.45) is 0 Å². The second-order valence-corrected chi connectivity index (χ2v) is 6.59. The van der Waals surface area contributed by atoms with Gasteiger partial charge in [0.2, 0.25) is 5.91 Å². The Morgan fingerprint density at radius 2 is 2.22 bits per heavy atom. The Bertz CT molecular complexity index is 793. The SMILES string of the molecule is Cc1cc(NC(=O)C(C)N(C)Cc2nc3ccccc3s2)no1. The summed E-state index contributed by atoms with van der Waals surface area (Å²) >= 11 is 1.65. The van der Waals surface area contributed by atoms with Crippen LogP contribution in [0.5, 0.6) is 0 Å². The van der Waals surface area contributed by atoms with Crippen LogP contribution in [0, 0.1) is 6.92 Å². The molecule has 0 saturated heterocycles. The molecule has 0 aliphatic carbocycles. The molecule has 2 heterocycles. The number of aryl methyl sites for hydroxylation is 1. The highest BCUT2D eigenvalue weighted by Gasteiger charge is 2.20. The number of hydrogen-bond acceptors (Lipinski definition) is 6. The van der Waals surface area contributed by atoms with Crippen molar-refractivity contribution < 1.29 is 9.32 Å². The molecule has 0 spiro atoms. The quantitative estimate of drug-likeness (QED) is 0.778. The lowest BCUT2D eigenvalue weighted by molar-refractivity contribution is -0.120. The third-order valence-electron chi connectivity index (χ3n) is 3.64. The predicted molar refractivity (Wildman–Crippen MR) is 90.4 cm³/mol. The summed E-state index contributed by atoms with van der Waals surface area (Å²) in [7, 11) is 1.91. The second kappa shape index (κ2) is 6.47. The molecule has 7 heteroatoms. The van der Waals surface area contributed by atoms with Crippen molar-refractivity contribution in [2.75, 3.05) is 12.4 Å². The van der Waals surface area contributed by atoms with Crippen molar-refractivity contribution in [1.82, 2.24) is 15.0 Å². The first-order valence-corrected chi connectivity index (χ1v) is 8.13. The van der Waals surface area contributed by atoms with Gasteiger partial charge in [-0.15, -0.1) is 11.3 Å². The molecule has 0 fully saturated rings. The normalized spacial score (nSPS) is 12.7. The van der Waals surface area contributed by atoms with E-state index < -0.39 is 0 Å². The van der Waals surface area contributed by atoms with Crippen LogP contribution in [0.25, 0.3) is 10.2 Å². The smallest absolute Gasteiger partial charge is 0.242 e. The standard InChI is InChI=1S/C16H18N4O2S/c1-10-8-14(19-22-10)18-16(21)11(2)20(3)9-15-17-12-6-4-5-7-13(12)23-15/h4-8,11H,9H2,1-3H3,(H,18,19,21). The van der Waals surface area contributed by atoms with E-state index in [0.717, 1.165) is 15.2 Å². The molecule has 23 heavy (non-hydrogen) atoms. The molecule has 1 atom stereocenters. The number of nitrogens with zero attached hydrogens (tertiary/aromatic N) is 3. The number of aromatic nitrogens is 2. The van der Waals surface area contributed by atoms with Gasteiger partial charge >= 0.3 is 0 Å². The maximum Gasteiger partial charge on any atom is 0.242 e. The number of benzene rings is 1. The van der Waals surface area contributed by atoms with E-state index in [2.05, 4.69) is 21.5 Å². The van der Waals surface area contributed by atoms with Crippen molar-refractivity contribution in [3.63, 3.8) is 0 Å². The maximum absolute atomic E-state index is 12.3. The lowest BCUT2D eigenvalue weighted by Gasteiger charge is -2.22. The lowest BCUT2D eigenvalue weighted by atomic mass is 10.2. The Hall–Kier alpha value is -2.25. The van der Waals surface area contributed by atoms with E-state index in [1.807, 2.05) is 37.1 Å². The minimum atomic E-state index is -0.306. The molecule has 3 aromatic rings. The van der Waals surface area contributed by atoms with E-state index in [4.69, 9.17) is 4.52 Å². The van der Waals surface area contributed by atoms with Gasteiger partial charge < -0.3 is 9.84 Å². The fourth-order valence-electron chi connectivity index (χ4n) is 2.19. The number of fused-ring (bicyclic) bond motifs is 1. The van der Waals surface area contributed by atoms with Gasteiger partial charge in [-0.3, -0.25) is 9.69 Å². The molecule has 6 nitrogen and oxygen atoms in total. The molecular formula is C16H18N4O2S. The fourth-order valence-corrected chi connectivity index (χ4v) is 3.22. The summed E-state index contributed by atoms with van der Waals surface area (Å²) in [6.07, 6.45) is 0. The molecule has 120 valence electrons. The van der Waals surface area contributed by atoms with Gasteiger partial charge in [0.1, 0.15) is 10.8 Å². The van der Waals surface area contributed by atoms with Gasteiger partial charge in [0.25, 0.3) is 0 Å². The van der Waals surface area contributed by atoms with Crippen LogP contribution in [-0.2, 0) is 11.3 Å². The zero-order valence-electron chi connectivity index (χ0n) is 13.2. The van der Waals surface area contributed by atoms with Crippen LogP contribution in [0.1, 0.15) is 17.7 Å². The first-order valence-electron chi connectivity index (χ1n) is 7.32. The number of likely N-dealkylation sites (N-methyl/N-ethyl adjacent to an activating group) is 1. The van der Waals surface area contributed by atoms with Crippen LogP contribution in [0.2, 0.25) is 0 Å².